The van der Waals surface area contributed by atoms with Crippen LogP contribution in [0.3, 0.4) is 0 Å². The molecule has 0 aromatic carbocycles. The van der Waals surface area contributed by atoms with Crippen LogP contribution in [-0.4, -0.2) is 39.6 Å². The van der Waals surface area contributed by atoms with Crippen LogP contribution in [0.5, 0.6) is 0 Å². The molecule has 5 nitrogen and oxygen atoms in total. The quantitative estimate of drug-likeness (QED) is 0.810. The smallest absolute Gasteiger partial charge is 0.326 e. The third-order valence-electron chi connectivity index (χ3n) is 2.82. The van der Waals surface area contributed by atoms with Crippen molar-refractivity contribution in [1.29, 1.82) is 0 Å². The molecule has 0 saturated heterocycles. The molecule has 1 rings (SSSR count). The lowest BCUT2D eigenvalue weighted by Gasteiger charge is -2.16. The van der Waals surface area contributed by atoms with E-state index in [1.165, 1.54) is 0 Å². The maximum atomic E-state index is 12.2. The van der Waals surface area contributed by atoms with Crippen molar-refractivity contribution < 1.29 is 14.7 Å². The molecule has 0 unspecified atom stereocenters. The highest BCUT2D eigenvalue weighted by atomic mass is 35.5. The first-order chi connectivity index (χ1) is 9.36. The Bertz CT molecular complexity index is 488. The fourth-order valence-corrected chi connectivity index (χ4v) is 2.46. The van der Waals surface area contributed by atoms with E-state index in [0.717, 1.165) is 0 Å². The molecule has 7 heteroatoms. The molecule has 20 heavy (non-hydrogen) atoms. The van der Waals surface area contributed by atoms with Crippen LogP contribution in [0.4, 0.5) is 0 Å². The Morgan fingerprint density at radius 1 is 1.50 bits per heavy atom. The molecule has 0 aliphatic carbocycles. The van der Waals surface area contributed by atoms with Crippen LogP contribution < -0.4 is 5.32 Å². The Morgan fingerprint density at radius 2 is 2.15 bits per heavy atom. The van der Waals surface area contributed by atoms with Crippen molar-refractivity contribution in [2.24, 2.45) is 0 Å². The van der Waals surface area contributed by atoms with Gasteiger partial charge in [-0.05, 0) is 38.3 Å². The number of rotatable bonds is 7. The number of nitrogens with zero attached hydrogens (tertiary/aromatic N) is 1. The monoisotopic (exact) mass is 318 g/mol. The number of carbonyl (C=O) groups excluding carboxylic acids is 1. The summed E-state index contributed by atoms with van der Waals surface area (Å²) in [4.78, 5) is 23.3. The van der Waals surface area contributed by atoms with Gasteiger partial charge in [0.05, 0.1) is 5.02 Å². The maximum Gasteiger partial charge on any atom is 0.326 e. The standard InChI is InChI=1S/C13H19ClN2O3S/c1-8(2)16-7-9(14)6-11(16)12(17)15-10(13(18)19)4-5-20-3/h6-8,10H,4-5H2,1-3H3,(H,15,17)(H,18,19)/t10-/m0/s1. The minimum atomic E-state index is -1.03. The number of nitrogens with one attached hydrogen (secondary N) is 1. The first-order valence-corrected chi connectivity index (χ1v) is 8.04. The lowest BCUT2D eigenvalue weighted by molar-refractivity contribution is -0.139. The number of halogens is 1. The first kappa shape index (κ1) is 16.9. The minimum absolute atomic E-state index is 0.0673. The third-order valence-corrected chi connectivity index (χ3v) is 3.67. The Kier molecular flexibility index (Phi) is 6.42. The Hall–Kier alpha value is -1.14. The molecule has 1 aromatic rings. The number of aliphatic carboxylic acids is 1. The van der Waals surface area contributed by atoms with Gasteiger partial charge in [-0.2, -0.15) is 11.8 Å². The lowest BCUT2D eigenvalue weighted by Crippen LogP contribution is -2.41. The van der Waals surface area contributed by atoms with Crippen LogP contribution in [0.2, 0.25) is 5.02 Å². The first-order valence-electron chi connectivity index (χ1n) is 6.26. The molecule has 0 saturated carbocycles. The molecule has 0 aliphatic heterocycles. The van der Waals surface area contributed by atoms with Crippen LogP contribution in [0, 0.1) is 0 Å². The fraction of sp³-hybridized carbons (Fsp3) is 0.538. The van der Waals surface area contributed by atoms with Crippen LogP contribution in [0.15, 0.2) is 12.3 Å². The van der Waals surface area contributed by atoms with E-state index >= 15 is 0 Å². The van der Waals surface area contributed by atoms with E-state index in [1.807, 2.05) is 20.1 Å². The summed E-state index contributed by atoms with van der Waals surface area (Å²) in [7, 11) is 0. The number of amides is 1. The second-order valence-electron chi connectivity index (χ2n) is 4.69. The summed E-state index contributed by atoms with van der Waals surface area (Å²) in [6.45, 7) is 3.85. The SMILES string of the molecule is CSCC[C@H](NC(=O)c1cc(Cl)cn1C(C)C)C(=O)O. The number of carboxylic acid groups (broad SMARTS) is 1. The minimum Gasteiger partial charge on any atom is -0.480 e. The number of thioether (sulfide) groups is 1. The van der Waals surface area contributed by atoms with Gasteiger partial charge in [0, 0.05) is 12.2 Å². The van der Waals surface area contributed by atoms with Gasteiger partial charge < -0.3 is 15.0 Å². The molecule has 0 radical (unpaired) electrons. The third kappa shape index (κ3) is 4.45. The van der Waals surface area contributed by atoms with Gasteiger partial charge in [0.2, 0.25) is 0 Å². The molecule has 1 amide bonds. The van der Waals surface area contributed by atoms with Gasteiger partial charge >= 0.3 is 5.97 Å². The van der Waals surface area contributed by atoms with Crippen LogP contribution in [-0.2, 0) is 4.79 Å². The molecular weight excluding hydrogens is 300 g/mol. The summed E-state index contributed by atoms with van der Waals surface area (Å²) < 4.78 is 1.73. The molecule has 0 fully saturated rings. The molecule has 0 aliphatic rings. The zero-order chi connectivity index (χ0) is 15.3. The summed E-state index contributed by atoms with van der Waals surface area (Å²) in [6.07, 6.45) is 3.95. The predicted octanol–water partition coefficient (Wildman–Crippen LogP) is 2.66. The molecule has 2 N–H and O–H groups in total. The van der Waals surface area contributed by atoms with Gasteiger partial charge in [0.1, 0.15) is 11.7 Å². The van der Waals surface area contributed by atoms with E-state index in [-0.39, 0.29) is 6.04 Å². The van der Waals surface area contributed by atoms with Crippen molar-refractivity contribution in [2.75, 3.05) is 12.0 Å². The van der Waals surface area contributed by atoms with Gasteiger partial charge in [-0.15, -0.1) is 0 Å². The lowest BCUT2D eigenvalue weighted by atomic mass is 10.2. The number of aromatic nitrogens is 1. The fourth-order valence-electron chi connectivity index (χ4n) is 1.78. The van der Waals surface area contributed by atoms with E-state index in [0.29, 0.717) is 22.9 Å². The van der Waals surface area contributed by atoms with Crippen LogP contribution >= 0.6 is 23.4 Å². The van der Waals surface area contributed by atoms with E-state index in [1.54, 1.807) is 28.6 Å². The Balaban J connectivity index is 2.86. The number of hydrogen-bond donors (Lipinski definition) is 2. The summed E-state index contributed by atoms with van der Waals surface area (Å²) in [5.74, 6) is -0.774. The van der Waals surface area contributed by atoms with E-state index in [4.69, 9.17) is 16.7 Å². The van der Waals surface area contributed by atoms with Crippen LogP contribution in [0.25, 0.3) is 0 Å². The second-order valence-corrected chi connectivity index (χ2v) is 6.11. The predicted molar refractivity (Wildman–Crippen MR) is 81.7 cm³/mol. The van der Waals surface area contributed by atoms with E-state index in [2.05, 4.69) is 5.32 Å². The van der Waals surface area contributed by atoms with Gasteiger partial charge in [0.15, 0.2) is 0 Å². The van der Waals surface area contributed by atoms with Crippen molar-refractivity contribution in [1.82, 2.24) is 9.88 Å². The van der Waals surface area contributed by atoms with E-state index in [9.17, 15) is 9.59 Å². The summed E-state index contributed by atoms with van der Waals surface area (Å²) >= 11 is 7.46. The second kappa shape index (κ2) is 7.59. The maximum absolute atomic E-state index is 12.2. The number of carboxylic acids is 1. The van der Waals surface area contributed by atoms with Gasteiger partial charge in [-0.25, -0.2) is 4.79 Å². The molecule has 0 bridgehead atoms. The largest absolute Gasteiger partial charge is 0.480 e. The molecule has 112 valence electrons. The van der Waals surface area contributed by atoms with Gasteiger partial charge in [-0.3, -0.25) is 4.79 Å². The summed E-state index contributed by atoms with van der Waals surface area (Å²) in [5, 5.41) is 12.1. The summed E-state index contributed by atoms with van der Waals surface area (Å²) in [5.41, 5.74) is 0.375. The summed E-state index contributed by atoms with van der Waals surface area (Å²) in [6, 6.07) is 0.728. The van der Waals surface area contributed by atoms with Crippen LogP contribution in [0.1, 0.15) is 36.8 Å². The van der Waals surface area contributed by atoms with Gasteiger partial charge in [0.25, 0.3) is 5.91 Å². The molecular formula is C13H19ClN2O3S. The van der Waals surface area contributed by atoms with E-state index < -0.39 is 17.9 Å². The topological polar surface area (TPSA) is 71.3 Å². The van der Waals surface area contributed by atoms with Gasteiger partial charge in [-0.1, -0.05) is 11.6 Å². The molecule has 1 aromatic heterocycles. The average molecular weight is 319 g/mol. The highest BCUT2D eigenvalue weighted by molar-refractivity contribution is 7.98. The molecule has 0 spiro atoms. The molecule has 1 atom stereocenters. The van der Waals surface area contributed by atoms with Crippen molar-refractivity contribution in [3.05, 3.63) is 23.0 Å². The highest BCUT2D eigenvalue weighted by Crippen LogP contribution is 2.19. The van der Waals surface area contributed by atoms with Crippen molar-refractivity contribution in [2.45, 2.75) is 32.4 Å². The highest BCUT2D eigenvalue weighted by Gasteiger charge is 2.22. The van der Waals surface area contributed by atoms with Crippen molar-refractivity contribution in [3.63, 3.8) is 0 Å². The average Bonchev–Trinajstić information content (AvgIpc) is 2.76. The molecule has 1 heterocycles. The number of carbonyl (C=O) groups is 2. The normalized spacial score (nSPS) is 12.4. The zero-order valence-electron chi connectivity index (χ0n) is 11.7. The van der Waals surface area contributed by atoms with Crippen molar-refractivity contribution in [3.8, 4) is 0 Å². The number of hydrogen-bond acceptors (Lipinski definition) is 3. The van der Waals surface area contributed by atoms with Crippen molar-refractivity contribution >= 4 is 35.2 Å². The zero-order valence-corrected chi connectivity index (χ0v) is 13.3. The Morgan fingerprint density at radius 3 is 2.65 bits per heavy atom. The Labute approximate surface area is 127 Å².